The third-order valence-electron chi connectivity index (χ3n) is 5.42. The summed E-state index contributed by atoms with van der Waals surface area (Å²) in [7, 11) is -4.59. The molecule has 1 aliphatic rings. The molecule has 1 aromatic carbocycles. The molecule has 1 unspecified atom stereocenters. The van der Waals surface area contributed by atoms with Crippen LogP contribution in [-0.2, 0) is 20.3 Å². The van der Waals surface area contributed by atoms with Gasteiger partial charge in [0.05, 0.1) is 18.2 Å². The quantitative estimate of drug-likeness (QED) is 0.280. The Bertz CT molecular complexity index is 1180. The number of nitrogens with two attached hydrogens (primary N) is 1. The van der Waals surface area contributed by atoms with Crippen LogP contribution < -0.4 is 10.6 Å². The first-order valence-corrected chi connectivity index (χ1v) is 12.9. The predicted octanol–water partition coefficient (Wildman–Crippen LogP) is 3.46. The lowest BCUT2D eigenvalue weighted by molar-refractivity contribution is -0.117. The van der Waals surface area contributed by atoms with E-state index >= 15 is 0 Å². The lowest BCUT2D eigenvalue weighted by Gasteiger charge is -2.34. The van der Waals surface area contributed by atoms with Crippen molar-refractivity contribution in [2.24, 2.45) is 5.73 Å². The number of hydrogen-bond acceptors (Lipinski definition) is 7. The third kappa shape index (κ3) is 5.95. The van der Waals surface area contributed by atoms with Gasteiger partial charge >= 0.3 is 7.82 Å². The SMILES string of the molecule is [C-]#[N+]c1c(N2CCC(OP(=O)(O)O)CC2)nc(SC(C(N)=O)c2ccccc2)c(C#N)c1CC. The third-order valence-corrected chi connectivity index (χ3v) is 7.25. The molecular weight excluding hydrogens is 477 g/mol. The predicted molar refractivity (Wildman–Crippen MR) is 127 cm³/mol. The van der Waals surface area contributed by atoms with Crippen LogP contribution in [0, 0.1) is 17.9 Å². The number of thioether (sulfide) groups is 1. The summed E-state index contributed by atoms with van der Waals surface area (Å²) in [5.74, 6) is -0.203. The number of amides is 1. The molecule has 2 heterocycles. The maximum absolute atomic E-state index is 12.3. The molecule has 34 heavy (non-hydrogen) atoms. The van der Waals surface area contributed by atoms with Crippen molar-refractivity contribution in [2.75, 3.05) is 18.0 Å². The van der Waals surface area contributed by atoms with Crippen LogP contribution in [0.15, 0.2) is 35.4 Å². The fraction of sp³-hybridized carbons (Fsp3) is 0.364. The molecule has 2 aromatic rings. The zero-order valence-corrected chi connectivity index (χ0v) is 20.1. The van der Waals surface area contributed by atoms with Crippen molar-refractivity contribution in [2.45, 2.75) is 42.6 Å². The number of benzene rings is 1. The topological polar surface area (TPSA) is 154 Å². The Kier molecular flexibility index (Phi) is 8.32. The maximum Gasteiger partial charge on any atom is 0.469 e. The number of aromatic nitrogens is 1. The van der Waals surface area contributed by atoms with E-state index in [2.05, 4.69) is 15.9 Å². The van der Waals surface area contributed by atoms with Gasteiger partial charge < -0.3 is 20.4 Å². The minimum atomic E-state index is -4.59. The maximum atomic E-state index is 12.3. The van der Waals surface area contributed by atoms with Crippen molar-refractivity contribution >= 4 is 37.0 Å². The number of carbonyl (C=O) groups excluding carboxylic acids is 1. The van der Waals surface area contributed by atoms with Crippen LogP contribution >= 0.6 is 19.6 Å². The fourth-order valence-corrected chi connectivity index (χ4v) is 5.52. The van der Waals surface area contributed by atoms with E-state index in [4.69, 9.17) is 26.6 Å². The molecule has 1 fully saturated rings. The van der Waals surface area contributed by atoms with Crippen LogP contribution in [0.3, 0.4) is 0 Å². The van der Waals surface area contributed by atoms with Gasteiger partial charge in [0.2, 0.25) is 11.6 Å². The number of pyridine rings is 1. The van der Waals surface area contributed by atoms with E-state index in [1.54, 1.807) is 24.3 Å². The van der Waals surface area contributed by atoms with Crippen molar-refractivity contribution in [3.63, 3.8) is 0 Å². The van der Waals surface area contributed by atoms with E-state index in [-0.39, 0.29) is 11.3 Å². The van der Waals surface area contributed by atoms with Gasteiger partial charge in [-0.05, 0) is 30.4 Å². The zero-order valence-electron chi connectivity index (χ0n) is 18.4. The Morgan fingerprint density at radius 1 is 1.41 bits per heavy atom. The number of piperidine rings is 1. The number of phosphoric acid groups is 1. The smallest absolute Gasteiger partial charge is 0.368 e. The largest absolute Gasteiger partial charge is 0.469 e. The molecule has 178 valence electrons. The average Bonchev–Trinajstić information content (AvgIpc) is 2.81. The molecule has 1 aromatic heterocycles. The summed E-state index contributed by atoms with van der Waals surface area (Å²) in [4.78, 5) is 40.6. The first-order chi connectivity index (χ1) is 16.2. The lowest BCUT2D eigenvalue weighted by atomic mass is 10.0. The summed E-state index contributed by atoms with van der Waals surface area (Å²) in [6, 6.07) is 11.1. The second kappa shape index (κ2) is 11.0. The number of phosphoric ester groups is 1. The second-order valence-corrected chi connectivity index (χ2v) is 9.90. The van der Waals surface area contributed by atoms with E-state index in [0.717, 1.165) is 11.8 Å². The van der Waals surface area contributed by atoms with Crippen molar-refractivity contribution in [3.05, 3.63) is 58.4 Å². The Morgan fingerprint density at radius 2 is 2.06 bits per heavy atom. The van der Waals surface area contributed by atoms with Gasteiger partial charge in [-0.15, -0.1) is 0 Å². The molecule has 4 N–H and O–H groups in total. The number of nitrogens with zero attached hydrogens (tertiary/aromatic N) is 4. The fourth-order valence-electron chi connectivity index (χ4n) is 3.87. The lowest BCUT2D eigenvalue weighted by Crippen LogP contribution is -2.37. The van der Waals surface area contributed by atoms with Gasteiger partial charge in [-0.2, -0.15) is 5.26 Å². The number of nitriles is 1. The summed E-state index contributed by atoms with van der Waals surface area (Å²) in [6.07, 6.45) is 0.474. The van der Waals surface area contributed by atoms with Gasteiger partial charge in [0, 0.05) is 13.1 Å². The minimum Gasteiger partial charge on any atom is -0.368 e. The first-order valence-electron chi connectivity index (χ1n) is 10.5. The molecular formula is C22H24N5O5PS. The minimum absolute atomic E-state index is 0.240. The summed E-state index contributed by atoms with van der Waals surface area (Å²) in [6.45, 7) is 10.3. The second-order valence-electron chi connectivity index (χ2n) is 7.61. The Hall–Kier alpha value is -2.92. The van der Waals surface area contributed by atoms with Gasteiger partial charge in [0.1, 0.15) is 22.2 Å². The Balaban J connectivity index is 2.01. The van der Waals surface area contributed by atoms with Gasteiger partial charge in [0.15, 0.2) is 0 Å². The molecule has 0 bridgehead atoms. The molecule has 1 atom stereocenters. The molecule has 0 saturated carbocycles. The molecule has 0 radical (unpaired) electrons. The number of rotatable bonds is 8. The number of carbonyl (C=O) groups is 1. The van der Waals surface area contributed by atoms with Crippen LogP contribution in [0.4, 0.5) is 11.5 Å². The molecule has 0 aliphatic carbocycles. The average molecular weight is 502 g/mol. The summed E-state index contributed by atoms with van der Waals surface area (Å²) in [5.41, 5.74) is 7.38. The van der Waals surface area contributed by atoms with Gasteiger partial charge in [-0.3, -0.25) is 9.32 Å². The molecule has 1 amide bonds. The summed E-state index contributed by atoms with van der Waals surface area (Å²) >= 11 is 1.07. The highest BCUT2D eigenvalue weighted by molar-refractivity contribution is 8.00. The highest BCUT2D eigenvalue weighted by Gasteiger charge is 2.31. The van der Waals surface area contributed by atoms with Crippen molar-refractivity contribution in [1.29, 1.82) is 5.26 Å². The van der Waals surface area contributed by atoms with Crippen LogP contribution in [0.2, 0.25) is 0 Å². The number of hydrogen-bond donors (Lipinski definition) is 3. The zero-order chi connectivity index (χ0) is 24.9. The normalized spacial score (nSPS) is 15.4. The molecule has 1 saturated heterocycles. The monoisotopic (exact) mass is 501 g/mol. The van der Waals surface area contributed by atoms with E-state index in [9.17, 15) is 14.6 Å². The highest BCUT2D eigenvalue weighted by Crippen LogP contribution is 2.44. The Labute approximate surface area is 201 Å². The molecule has 0 spiro atoms. The number of anilines is 1. The van der Waals surface area contributed by atoms with E-state index in [0.29, 0.717) is 54.3 Å². The van der Waals surface area contributed by atoms with Crippen LogP contribution in [-0.4, -0.2) is 39.9 Å². The van der Waals surface area contributed by atoms with Gasteiger partial charge in [-0.25, -0.2) is 14.4 Å². The Morgan fingerprint density at radius 3 is 2.56 bits per heavy atom. The van der Waals surface area contributed by atoms with E-state index in [1.165, 1.54) is 0 Å². The number of primary amides is 1. The van der Waals surface area contributed by atoms with Gasteiger partial charge in [0.25, 0.3) is 0 Å². The van der Waals surface area contributed by atoms with Crippen molar-refractivity contribution in [1.82, 2.24) is 4.98 Å². The summed E-state index contributed by atoms with van der Waals surface area (Å²) < 4.78 is 16.0. The van der Waals surface area contributed by atoms with Crippen LogP contribution in [0.5, 0.6) is 0 Å². The van der Waals surface area contributed by atoms with E-state index in [1.807, 2.05) is 17.9 Å². The van der Waals surface area contributed by atoms with Crippen LogP contribution in [0.1, 0.15) is 41.7 Å². The molecule has 1 aliphatic heterocycles. The molecule has 12 heteroatoms. The van der Waals surface area contributed by atoms with Crippen molar-refractivity contribution in [3.8, 4) is 6.07 Å². The highest BCUT2D eigenvalue weighted by atomic mass is 32.2. The standard InChI is InChI=1S/C22H24N5O5PS/c1-3-16-17(13-23)22(34-19(20(24)28)14-7-5-4-6-8-14)26-21(18(16)25-2)27-11-9-15(10-12-27)32-33(29,30)31/h4-8,15,19H,3,9-12H2,1H3,(H2,24,28)(H2,29,30,31). The van der Waals surface area contributed by atoms with Crippen molar-refractivity contribution < 1.29 is 23.7 Å². The molecule has 10 nitrogen and oxygen atoms in total. The summed E-state index contributed by atoms with van der Waals surface area (Å²) in [5, 5.41) is 9.42. The first kappa shape index (κ1) is 25.7. The van der Waals surface area contributed by atoms with E-state index < -0.39 is 25.1 Å². The van der Waals surface area contributed by atoms with Gasteiger partial charge in [-0.1, -0.05) is 49.0 Å². The molecule has 3 rings (SSSR count). The van der Waals surface area contributed by atoms with Crippen LogP contribution in [0.25, 0.3) is 4.85 Å².